The standard InChI is InChI=1S/C20H26N6O2/c1-15-22-12-16(13-23-15)20(28)26-11-4-7-17-6-3-8-18(24-17)21-9-5-10-25(2)19(27)14-26/h3,6,8,12-13H,4-5,7,9-11,14H2,1-2H3,(H,21,24). The van der Waals surface area contributed by atoms with Crippen molar-refractivity contribution >= 4 is 17.6 Å². The van der Waals surface area contributed by atoms with Gasteiger partial charge in [0.2, 0.25) is 5.91 Å². The third kappa shape index (κ3) is 5.25. The first-order valence-corrected chi connectivity index (χ1v) is 9.54. The molecule has 2 amide bonds. The zero-order valence-electron chi connectivity index (χ0n) is 16.4. The van der Waals surface area contributed by atoms with Crippen molar-refractivity contribution in [2.75, 3.05) is 38.5 Å². The number of aryl methyl sites for hydroxylation is 2. The van der Waals surface area contributed by atoms with Crippen molar-refractivity contribution in [3.05, 3.63) is 47.7 Å². The fourth-order valence-electron chi connectivity index (χ4n) is 3.05. The predicted octanol–water partition coefficient (Wildman–Crippen LogP) is 1.53. The Kier molecular flexibility index (Phi) is 6.52. The molecule has 1 aliphatic heterocycles. The molecule has 0 unspecified atom stereocenters. The van der Waals surface area contributed by atoms with Crippen LogP contribution in [0.1, 0.15) is 34.7 Å². The summed E-state index contributed by atoms with van der Waals surface area (Å²) in [6.07, 6.45) is 5.27. The van der Waals surface area contributed by atoms with E-state index < -0.39 is 0 Å². The van der Waals surface area contributed by atoms with Gasteiger partial charge in [-0.3, -0.25) is 9.59 Å². The Balaban J connectivity index is 1.78. The molecule has 8 heteroatoms. The zero-order chi connectivity index (χ0) is 19.9. The van der Waals surface area contributed by atoms with Crippen LogP contribution < -0.4 is 5.32 Å². The maximum absolute atomic E-state index is 12.9. The number of fused-ring (bicyclic) bond motifs is 2. The highest BCUT2D eigenvalue weighted by atomic mass is 16.2. The van der Waals surface area contributed by atoms with Crippen LogP contribution in [0.25, 0.3) is 0 Å². The van der Waals surface area contributed by atoms with Crippen LogP contribution in [0.4, 0.5) is 5.82 Å². The monoisotopic (exact) mass is 382 g/mol. The van der Waals surface area contributed by atoms with Crippen molar-refractivity contribution in [2.24, 2.45) is 0 Å². The summed E-state index contributed by atoms with van der Waals surface area (Å²) < 4.78 is 0. The maximum Gasteiger partial charge on any atom is 0.257 e. The summed E-state index contributed by atoms with van der Waals surface area (Å²) in [5.41, 5.74) is 1.36. The molecule has 2 aromatic rings. The van der Waals surface area contributed by atoms with Gasteiger partial charge in [-0.15, -0.1) is 0 Å². The molecule has 3 rings (SSSR count). The van der Waals surface area contributed by atoms with Crippen molar-refractivity contribution < 1.29 is 9.59 Å². The summed E-state index contributed by atoms with van der Waals surface area (Å²) in [7, 11) is 1.77. The van der Waals surface area contributed by atoms with Crippen LogP contribution in [0, 0.1) is 6.92 Å². The lowest BCUT2D eigenvalue weighted by atomic mass is 10.2. The van der Waals surface area contributed by atoms with Crippen LogP contribution >= 0.6 is 0 Å². The van der Waals surface area contributed by atoms with Gasteiger partial charge >= 0.3 is 0 Å². The average molecular weight is 382 g/mol. The quantitative estimate of drug-likeness (QED) is 0.804. The Labute approximate surface area is 165 Å². The van der Waals surface area contributed by atoms with E-state index >= 15 is 0 Å². The maximum atomic E-state index is 12.9. The van der Waals surface area contributed by atoms with Crippen LogP contribution in [0.2, 0.25) is 0 Å². The molecule has 0 spiro atoms. The number of hydrogen-bond acceptors (Lipinski definition) is 6. The van der Waals surface area contributed by atoms with E-state index in [1.54, 1.807) is 23.8 Å². The lowest BCUT2D eigenvalue weighted by Gasteiger charge is -2.26. The number of nitrogens with one attached hydrogen (secondary N) is 1. The SMILES string of the molecule is Cc1ncc(C(=O)N2CCCc3cccc(n3)NCCCN(C)C(=O)C2)cn1. The van der Waals surface area contributed by atoms with E-state index in [2.05, 4.69) is 20.3 Å². The van der Waals surface area contributed by atoms with Gasteiger partial charge in [0.1, 0.15) is 18.2 Å². The predicted molar refractivity (Wildman–Crippen MR) is 106 cm³/mol. The number of hydrogen-bond donors (Lipinski definition) is 1. The Morgan fingerprint density at radius 2 is 1.93 bits per heavy atom. The minimum atomic E-state index is -0.225. The molecular formula is C20H26N6O2. The molecular weight excluding hydrogens is 356 g/mol. The normalized spacial score (nSPS) is 16.3. The van der Waals surface area contributed by atoms with Gasteiger partial charge < -0.3 is 15.1 Å². The molecule has 0 aliphatic carbocycles. The molecule has 3 heterocycles. The molecule has 1 aliphatic rings. The third-order valence-corrected chi connectivity index (χ3v) is 4.71. The Morgan fingerprint density at radius 3 is 2.71 bits per heavy atom. The largest absolute Gasteiger partial charge is 0.370 e. The van der Waals surface area contributed by atoms with Gasteiger partial charge in [0, 0.05) is 44.8 Å². The Morgan fingerprint density at radius 1 is 1.14 bits per heavy atom. The summed E-state index contributed by atoms with van der Waals surface area (Å²) in [5, 5.41) is 3.30. The molecule has 0 fully saturated rings. The first-order chi connectivity index (χ1) is 13.5. The Bertz CT molecular complexity index is 824. The van der Waals surface area contributed by atoms with E-state index in [0.717, 1.165) is 30.9 Å². The van der Waals surface area contributed by atoms with E-state index in [1.807, 2.05) is 18.2 Å². The van der Waals surface area contributed by atoms with Gasteiger partial charge in [-0.1, -0.05) is 6.07 Å². The second-order valence-corrected chi connectivity index (χ2v) is 6.96. The minimum absolute atomic E-state index is 0.0457. The fourth-order valence-corrected chi connectivity index (χ4v) is 3.05. The number of rotatable bonds is 1. The molecule has 0 atom stereocenters. The van der Waals surface area contributed by atoms with Crippen LogP contribution in [0.15, 0.2) is 30.6 Å². The van der Waals surface area contributed by atoms with Gasteiger partial charge in [0.05, 0.1) is 5.56 Å². The minimum Gasteiger partial charge on any atom is -0.370 e. The van der Waals surface area contributed by atoms with Crippen molar-refractivity contribution in [3.8, 4) is 0 Å². The van der Waals surface area contributed by atoms with Crippen molar-refractivity contribution in [1.82, 2.24) is 24.8 Å². The number of likely N-dealkylation sites (N-methyl/N-ethyl adjacent to an activating group) is 1. The summed E-state index contributed by atoms with van der Waals surface area (Å²) in [5.74, 6) is 1.15. The smallest absolute Gasteiger partial charge is 0.257 e. The average Bonchev–Trinajstić information content (AvgIpc) is 2.70. The second kappa shape index (κ2) is 9.25. The number of carbonyl (C=O) groups is 2. The zero-order valence-corrected chi connectivity index (χ0v) is 16.4. The summed E-state index contributed by atoms with van der Waals surface area (Å²) in [4.78, 5) is 41.6. The van der Waals surface area contributed by atoms with Gasteiger partial charge in [-0.05, 0) is 38.3 Å². The molecule has 0 saturated carbocycles. The van der Waals surface area contributed by atoms with E-state index in [0.29, 0.717) is 30.9 Å². The third-order valence-electron chi connectivity index (χ3n) is 4.71. The first-order valence-electron chi connectivity index (χ1n) is 9.54. The van der Waals surface area contributed by atoms with Gasteiger partial charge in [-0.25, -0.2) is 15.0 Å². The number of anilines is 1. The highest BCUT2D eigenvalue weighted by molar-refractivity contribution is 5.96. The van der Waals surface area contributed by atoms with E-state index in [1.165, 1.54) is 12.4 Å². The van der Waals surface area contributed by atoms with E-state index in [-0.39, 0.29) is 18.4 Å². The number of aromatic nitrogens is 3. The molecule has 0 saturated heterocycles. The molecule has 0 radical (unpaired) electrons. The number of carbonyl (C=O) groups excluding carboxylic acids is 2. The molecule has 2 aromatic heterocycles. The molecule has 28 heavy (non-hydrogen) atoms. The van der Waals surface area contributed by atoms with Crippen LogP contribution in [0.3, 0.4) is 0 Å². The summed E-state index contributed by atoms with van der Waals surface area (Å²) in [6, 6.07) is 5.91. The van der Waals surface area contributed by atoms with Crippen LogP contribution in [-0.2, 0) is 11.2 Å². The highest BCUT2D eigenvalue weighted by Gasteiger charge is 2.21. The van der Waals surface area contributed by atoms with E-state index in [4.69, 9.17) is 0 Å². The van der Waals surface area contributed by atoms with Crippen molar-refractivity contribution in [1.29, 1.82) is 0 Å². The van der Waals surface area contributed by atoms with Crippen molar-refractivity contribution in [3.63, 3.8) is 0 Å². The topological polar surface area (TPSA) is 91.3 Å². The van der Waals surface area contributed by atoms with Crippen LogP contribution in [-0.4, -0.2) is 69.8 Å². The summed E-state index contributed by atoms with van der Waals surface area (Å²) >= 11 is 0. The van der Waals surface area contributed by atoms with E-state index in [9.17, 15) is 9.59 Å². The second-order valence-electron chi connectivity index (χ2n) is 6.96. The number of pyridine rings is 1. The number of amides is 2. The molecule has 0 aromatic carbocycles. The van der Waals surface area contributed by atoms with Gasteiger partial charge in [0.25, 0.3) is 5.91 Å². The molecule has 148 valence electrons. The molecule has 2 bridgehead atoms. The fraction of sp³-hybridized carbons (Fsp3) is 0.450. The summed E-state index contributed by atoms with van der Waals surface area (Å²) in [6.45, 7) is 3.62. The van der Waals surface area contributed by atoms with Crippen molar-refractivity contribution in [2.45, 2.75) is 26.2 Å². The van der Waals surface area contributed by atoms with Gasteiger partial charge in [0.15, 0.2) is 0 Å². The Hall–Kier alpha value is -3.03. The molecule has 8 nitrogen and oxygen atoms in total. The highest BCUT2D eigenvalue weighted by Crippen LogP contribution is 2.10. The number of nitrogens with zero attached hydrogens (tertiary/aromatic N) is 5. The van der Waals surface area contributed by atoms with Gasteiger partial charge in [-0.2, -0.15) is 0 Å². The lowest BCUT2D eigenvalue weighted by molar-refractivity contribution is -0.130. The first kappa shape index (κ1) is 19.7. The molecule has 1 N–H and O–H groups in total. The van der Waals surface area contributed by atoms with Crippen LogP contribution in [0.5, 0.6) is 0 Å². The lowest BCUT2D eigenvalue weighted by Crippen LogP contribution is -2.42.